The first-order valence-electron chi connectivity index (χ1n) is 7.28. The number of nitrogens with zero attached hydrogens (tertiary/aromatic N) is 1. The van der Waals surface area contributed by atoms with Gasteiger partial charge in [0.15, 0.2) is 0 Å². The zero-order valence-electron chi connectivity index (χ0n) is 11.5. The Kier molecular flexibility index (Phi) is 4.50. The van der Waals surface area contributed by atoms with E-state index in [4.69, 9.17) is 0 Å². The Balaban J connectivity index is 1.53. The average Bonchev–Trinajstić information content (AvgIpc) is 3.09. The van der Waals surface area contributed by atoms with Crippen molar-refractivity contribution in [3.63, 3.8) is 0 Å². The lowest BCUT2D eigenvalue weighted by Gasteiger charge is -2.25. The predicted octanol–water partition coefficient (Wildman–Crippen LogP) is 2.78. The van der Waals surface area contributed by atoms with Crippen LogP contribution in [0, 0.1) is 5.92 Å². The predicted molar refractivity (Wildman–Crippen MR) is 81.6 cm³/mol. The van der Waals surface area contributed by atoms with Crippen LogP contribution in [0.2, 0.25) is 0 Å². The molecule has 0 bridgehead atoms. The molecule has 4 nitrogen and oxygen atoms in total. The number of aromatic nitrogens is 2. The quantitative estimate of drug-likeness (QED) is 0.794. The summed E-state index contributed by atoms with van der Waals surface area (Å²) in [6, 6.07) is 4.17. The number of rotatable bonds is 5. The minimum atomic E-state index is -0.0915. The van der Waals surface area contributed by atoms with Gasteiger partial charge in [-0.05, 0) is 43.2 Å². The minimum absolute atomic E-state index is 0.0915. The number of nitrogens with one attached hydrogen (secondary N) is 2. The second kappa shape index (κ2) is 6.52. The van der Waals surface area contributed by atoms with Crippen LogP contribution in [0.15, 0.2) is 23.7 Å². The highest BCUT2D eigenvalue weighted by Gasteiger charge is 2.19. The van der Waals surface area contributed by atoms with Crippen LogP contribution >= 0.6 is 11.3 Å². The molecule has 0 spiro atoms. The summed E-state index contributed by atoms with van der Waals surface area (Å²) in [7, 11) is 0. The van der Waals surface area contributed by atoms with Gasteiger partial charge in [0.25, 0.3) is 0 Å². The molecule has 20 heavy (non-hydrogen) atoms. The Morgan fingerprint density at radius 3 is 3.20 bits per heavy atom. The van der Waals surface area contributed by atoms with E-state index in [1.165, 1.54) is 16.9 Å². The Hall–Kier alpha value is -1.17. The summed E-state index contributed by atoms with van der Waals surface area (Å²) in [5, 5.41) is 22.5. The number of H-pyrrole nitrogens is 1. The molecule has 3 N–H and O–H groups in total. The molecule has 1 aliphatic carbocycles. The van der Waals surface area contributed by atoms with E-state index in [-0.39, 0.29) is 6.10 Å². The molecule has 0 amide bonds. The number of aliphatic hydroxyl groups excluding tert-OH is 1. The molecule has 1 saturated carbocycles. The third-order valence-corrected chi connectivity index (χ3v) is 4.88. The van der Waals surface area contributed by atoms with Crippen molar-refractivity contribution in [1.82, 2.24) is 15.5 Å². The van der Waals surface area contributed by atoms with Crippen LogP contribution in [-0.2, 0) is 6.54 Å². The molecule has 3 rings (SSSR count). The van der Waals surface area contributed by atoms with Gasteiger partial charge in [0, 0.05) is 12.1 Å². The van der Waals surface area contributed by atoms with Crippen molar-refractivity contribution in [1.29, 1.82) is 0 Å². The van der Waals surface area contributed by atoms with Crippen molar-refractivity contribution in [2.75, 3.05) is 6.54 Å². The fourth-order valence-corrected chi connectivity index (χ4v) is 3.69. The van der Waals surface area contributed by atoms with E-state index in [2.05, 4.69) is 33.0 Å². The number of hydrogen-bond acceptors (Lipinski definition) is 4. The van der Waals surface area contributed by atoms with Crippen molar-refractivity contribution in [2.24, 2.45) is 5.92 Å². The van der Waals surface area contributed by atoms with Gasteiger partial charge in [-0.25, -0.2) is 0 Å². The number of hydrogen-bond donors (Lipinski definition) is 3. The van der Waals surface area contributed by atoms with E-state index in [0.717, 1.165) is 38.0 Å². The normalized spacial score (nSPS) is 23.1. The molecule has 0 radical (unpaired) electrons. The Bertz CT molecular complexity index is 523. The smallest absolute Gasteiger partial charge is 0.0794 e. The number of aromatic amines is 1. The molecule has 0 aromatic carbocycles. The van der Waals surface area contributed by atoms with E-state index < -0.39 is 0 Å². The summed E-state index contributed by atoms with van der Waals surface area (Å²) in [6.45, 7) is 1.81. The summed E-state index contributed by atoms with van der Waals surface area (Å²) in [6.07, 6.45) is 6.10. The third-order valence-electron chi connectivity index (χ3n) is 3.99. The minimum Gasteiger partial charge on any atom is -0.393 e. The van der Waals surface area contributed by atoms with Crippen LogP contribution in [0.5, 0.6) is 0 Å². The lowest BCUT2D eigenvalue weighted by Crippen LogP contribution is -2.28. The monoisotopic (exact) mass is 291 g/mol. The van der Waals surface area contributed by atoms with E-state index in [9.17, 15) is 5.11 Å². The van der Waals surface area contributed by atoms with Gasteiger partial charge in [0.2, 0.25) is 0 Å². The molecule has 1 fully saturated rings. The molecule has 2 unspecified atom stereocenters. The van der Waals surface area contributed by atoms with Crippen LogP contribution < -0.4 is 5.32 Å². The number of aliphatic hydroxyl groups is 1. The van der Waals surface area contributed by atoms with Gasteiger partial charge in [-0.3, -0.25) is 5.10 Å². The average molecular weight is 291 g/mol. The fraction of sp³-hybridized carbons (Fsp3) is 0.533. The summed E-state index contributed by atoms with van der Waals surface area (Å²) in [4.78, 5) is 1.23. The van der Waals surface area contributed by atoms with Gasteiger partial charge in [0.1, 0.15) is 0 Å². The molecular formula is C15H21N3OS. The summed E-state index contributed by atoms with van der Waals surface area (Å²) < 4.78 is 0. The van der Waals surface area contributed by atoms with Gasteiger partial charge in [-0.15, -0.1) is 11.3 Å². The molecule has 5 heteroatoms. The second-order valence-corrected chi connectivity index (χ2v) is 6.51. The van der Waals surface area contributed by atoms with Crippen molar-refractivity contribution in [3.05, 3.63) is 29.3 Å². The van der Waals surface area contributed by atoms with Gasteiger partial charge in [0.05, 0.1) is 22.9 Å². The SMILES string of the molecule is OC1CCCC(CNCc2cn[nH]c2-c2cccs2)C1. The third kappa shape index (κ3) is 3.29. The molecule has 0 aliphatic heterocycles. The molecule has 1 aliphatic rings. The standard InChI is InChI=1S/C15H21N3OS/c19-13-4-1-3-11(7-13)8-16-9-12-10-17-18-15(12)14-5-2-6-20-14/h2,5-6,10-11,13,16,19H,1,3-4,7-9H2,(H,17,18). The van der Waals surface area contributed by atoms with Gasteiger partial charge in [-0.1, -0.05) is 12.5 Å². The van der Waals surface area contributed by atoms with Crippen LogP contribution in [0.1, 0.15) is 31.2 Å². The van der Waals surface area contributed by atoms with Crippen LogP contribution in [0.25, 0.3) is 10.6 Å². The highest BCUT2D eigenvalue weighted by Crippen LogP contribution is 2.26. The largest absolute Gasteiger partial charge is 0.393 e. The van der Waals surface area contributed by atoms with Crippen molar-refractivity contribution in [3.8, 4) is 10.6 Å². The zero-order valence-corrected chi connectivity index (χ0v) is 12.3. The van der Waals surface area contributed by atoms with Crippen molar-refractivity contribution >= 4 is 11.3 Å². The van der Waals surface area contributed by atoms with E-state index in [0.29, 0.717) is 5.92 Å². The van der Waals surface area contributed by atoms with Crippen molar-refractivity contribution in [2.45, 2.75) is 38.3 Å². The van der Waals surface area contributed by atoms with E-state index in [1.54, 1.807) is 11.3 Å². The Morgan fingerprint density at radius 2 is 2.40 bits per heavy atom. The van der Waals surface area contributed by atoms with E-state index in [1.807, 2.05) is 6.20 Å². The van der Waals surface area contributed by atoms with E-state index >= 15 is 0 Å². The first kappa shape index (κ1) is 13.8. The summed E-state index contributed by atoms with van der Waals surface area (Å²) in [5.74, 6) is 0.607. The zero-order chi connectivity index (χ0) is 13.8. The maximum atomic E-state index is 9.69. The highest BCUT2D eigenvalue weighted by molar-refractivity contribution is 7.13. The van der Waals surface area contributed by atoms with Crippen LogP contribution in [0.3, 0.4) is 0 Å². The van der Waals surface area contributed by atoms with Gasteiger partial charge >= 0.3 is 0 Å². The van der Waals surface area contributed by atoms with Crippen molar-refractivity contribution < 1.29 is 5.11 Å². The molecule has 2 heterocycles. The molecular weight excluding hydrogens is 270 g/mol. The van der Waals surface area contributed by atoms with Gasteiger partial charge < -0.3 is 10.4 Å². The Morgan fingerprint density at radius 1 is 1.45 bits per heavy atom. The fourth-order valence-electron chi connectivity index (χ4n) is 2.94. The number of thiophene rings is 1. The first-order valence-corrected chi connectivity index (χ1v) is 8.16. The molecule has 2 aromatic rings. The van der Waals surface area contributed by atoms with Crippen LogP contribution in [-0.4, -0.2) is 28.0 Å². The lowest BCUT2D eigenvalue weighted by atomic mass is 9.87. The maximum Gasteiger partial charge on any atom is 0.0794 e. The second-order valence-electron chi connectivity index (χ2n) is 5.56. The Labute approximate surface area is 123 Å². The molecule has 0 saturated heterocycles. The van der Waals surface area contributed by atoms with Crippen LogP contribution in [0.4, 0.5) is 0 Å². The molecule has 2 atom stereocenters. The highest BCUT2D eigenvalue weighted by atomic mass is 32.1. The maximum absolute atomic E-state index is 9.69. The first-order chi connectivity index (χ1) is 9.83. The summed E-state index contributed by atoms with van der Waals surface area (Å²) >= 11 is 1.72. The lowest BCUT2D eigenvalue weighted by molar-refractivity contribution is 0.101. The topological polar surface area (TPSA) is 60.9 Å². The molecule has 2 aromatic heterocycles. The van der Waals surface area contributed by atoms with Gasteiger partial charge in [-0.2, -0.15) is 5.10 Å². The molecule has 108 valence electrons. The summed E-state index contributed by atoms with van der Waals surface area (Å²) in [5.41, 5.74) is 2.33.